The van der Waals surface area contributed by atoms with Gasteiger partial charge in [-0.2, -0.15) is 0 Å². The molecular weight excluding hydrogens is 415 g/mol. The lowest BCUT2D eigenvalue weighted by Gasteiger charge is -2.11. The maximum Gasteiger partial charge on any atom is 0.189 e. The highest BCUT2D eigenvalue weighted by Gasteiger charge is 2.00. The third-order valence-electron chi connectivity index (χ3n) is 3.49. The molecular formula is C18H25IN4O. The van der Waals surface area contributed by atoms with Crippen molar-refractivity contribution < 1.29 is 4.74 Å². The molecule has 1 aromatic heterocycles. The van der Waals surface area contributed by atoms with Gasteiger partial charge >= 0.3 is 0 Å². The molecule has 1 atom stereocenters. The minimum Gasteiger partial charge on any atom is -0.489 e. The normalized spacial score (nSPS) is 12.2. The Labute approximate surface area is 160 Å². The van der Waals surface area contributed by atoms with Crippen LogP contribution in [0, 0.1) is 0 Å². The minimum absolute atomic E-state index is 0. The molecule has 24 heavy (non-hydrogen) atoms. The van der Waals surface area contributed by atoms with Gasteiger partial charge in [0.2, 0.25) is 0 Å². The van der Waals surface area contributed by atoms with Gasteiger partial charge in [0, 0.05) is 24.0 Å². The third-order valence-corrected chi connectivity index (χ3v) is 3.49. The summed E-state index contributed by atoms with van der Waals surface area (Å²) in [5.41, 5.74) is 7.99. The molecule has 2 rings (SSSR count). The van der Waals surface area contributed by atoms with Crippen LogP contribution in [0.3, 0.4) is 0 Å². The summed E-state index contributed by atoms with van der Waals surface area (Å²) in [5, 5.41) is 3.15. The van der Waals surface area contributed by atoms with Gasteiger partial charge in [0.25, 0.3) is 0 Å². The predicted octanol–water partition coefficient (Wildman–Crippen LogP) is 3.48. The number of nitrogens with zero attached hydrogens (tertiary/aromatic N) is 2. The number of halogens is 1. The van der Waals surface area contributed by atoms with Crippen molar-refractivity contribution in [3.8, 4) is 5.75 Å². The molecule has 0 spiro atoms. The van der Waals surface area contributed by atoms with Crippen molar-refractivity contribution in [2.24, 2.45) is 10.7 Å². The van der Waals surface area contributed by atoms with Gasteiger partial charge in [-0.15, -0.1) is 24.0 Å². The average molecular weight is 440 g/mol. The van der Waals surface area contributed by atoms with Crippen LogP contribution < -0.4 is 15.8 Å². The number of nitrogens with one attached hydrogen (secondary N) is 1. The number of guanidine groups is 1. The zero-order valence-electron chi connectivity index (χ0n) is 14.1. The Hall–Kier alpha value is -1.83. The Kier molecular flexibility index (Phi) is 9.14. The molecule has 0 saturated carbocycles. The number of aromatic nitrogens is 1. The number of ether oxygens (including phenoxy) is 1. The molecule has 0 bridgehead atoms. The van der Waals surface area contributed by atoms with E-state index in [0.29, 0.717) is 25.2 Å². The molecule has 5 nitrogen and oxygen atoms in total. The quantitative estimate of drug-likeness (QED) is 0.393. The summed E-state index contributed by atoms with van der Waals surface area (Å²) in [6.45, 7) is 5.25. The summed E-state index contributed by atoms with van der Waals surface area (Å²) in [7, 11) is 0. The largest absolute Gasteiger partial charge is 0.489 e. The van der Waals surface area contributed by atoms with Crippen LogP contribution in [0.4, 0.5) is 0 Å². The zero-order chi connectivity index (χ0) is 16.5. The Morgan fingerprint density at radius 2 is 2.00 bits per heavy atom. The Bertz CT molecular complexity index is 617. The number of benzene rings is 1. The first-order valence-electron chi connectivity index (χ1n) is 7.84. The van der Waals surface area contributed by atoms with E-state index in [1.165, 1.54) is 0 Å². The molecule has 1 heterocycles. The number of hydrogen-bond donors (Lipinski definition) is 2. The molecule has 1 unspecified atom stereocenters. The minimum atomic E-state index is 0. The number of pyridine rings is 1. The van der Waals surface area contributed by atoms with Crippen LogP contribution >= 0.6 is 24.0 Å². The molecule has 3 N–H and O–H groups in total. The van der Waals surface area contributed by atoms with Crippen molar-refractivity contribution >= 4 is 29.9 Å². The number of aliphatic imine (C=N–C) groups is 1. The van der Waals surface area contributed by atoms with Crippen LogP contribution in [0.15, 0.2) is 53.8 Å². The second-order valence-corrected chi connectivity index (χ2v) is 5.45. The van der Waals surface area contributed by atoms with E-state index in [4.69, 9.17) is 10.5 Å². The standard InChI is InChI=1S/C18H24N4O.HI/c1-3-14(2)22-18(19)21-12-15-6-8-17(9-7-15)23-13-16-5-4-10-20-11-16;/h4-11,14H,3,12-13H2,1-2H3,(H3,19,21,22);1H. The molecule has 2 aromatic rings. The highest BCUT2D eigenvalue weighted by molar-refractivity contribution is 14.0. The molecule has 1 aromatic carbocycles. The molecule has 6 heteroatoms. The maximum atomic E-state index is 5.85. The van der Waals surface area contributed by atoms with E-state index in [9.17, 15) is 0 Å². The zero-order valence-corrected chi connectivity index (χ0v) is 16.4. The highest BCUT2D eigenvalue weighted by Crippen LogP contribution is 2.14. The monoisotopic (exact) mass is 440 g/mol. The molecule has 0 saturated heterocycles. The Balaban J connectivity index is 0.00000288. The fourth-order valence-corrected chi connectivity index (χ4v) is 1.92. The lowest BCUT2D eigenvalue weighted by Crippen LogP contribution is -2.38. The van der Waals surface area contributed by atoms with Crippen LogP contribution in [-0.2, 0) is 13.2 Å². The van der Waals surface area contributed by atoms with Crippen LogP contribution in [0.25, 0.3) is 0 Å². The van der Waals surface area contributed by atoms with Gasteiger partial charge in [-0.25, -0.2) is 4.99 Å². The van der Waals surface area contributed by atoms with Crippen LogP contribution in [-0.4, -0.2) is 17.0 Å². The molecule has 130 valence electrons. The van der Waals surface area contributed by atoms with E-state index < -0.39 is 0 Å². The van der Waals surface area contributed by atoms with Crippen LogP contribution in [0.2, 0.25) is 0 Å². The highest BCUT2D eigenvalue weighted by atomic mass is 127. The van der Waals surface area contributed by atoms with Gasteiger partial charge in [-0.1, -0.05) is 25.1 Å². The summed E-state index contributed by atoms with van der Waals surface area (Å²) in [6.07, 6.45) is 4.57. The van der Waals surface area contributed by atoms with Gasteiger partial charge in [0.05, 0.1) is 6.54 Å². The van der Waals surface area contributed by atoms with Crippen LogP contribution in [0.1, 0.15) is 31.4 Å². The second kappa shape index (κ2) is 10.9. The summed E-state index contributed by atoms with van der Waals surface area (Å²) in [5.74, 6) is 1.31. The van der Waals surface area contributed by atoms with Crippen LogP contribution in [0.5, 0.6) is 5.75 Å². The molecule has 0 radical (unpaired) electrons. The molecule has 0 amide bonds. The summed E-state index contributed by atoms with van der Waals surface area (Å²) < 4.78 is 5.73. The summed E-state index contributed by atoms with van der Waals surface area (Å²) in [4.78, 5) is 8.41. The lowest BCUT2D eigenvalue weighted by atomic mass is 10.2. The van der Waals surface area contributed by atoms with Gasteiger partial charge in [0.1, 0.15) is 12.4 Å². The Morgan fingerprint density at radius 3 is 2.62 bits per heavy atom. The third kappa shape index (κ3) is 7.16. The molecule has 0 aliphatic carbocycles. The van der Waals surface area contributed by atoms with Crippen molar-refractivity contribution in [3.05, 3.63) is 59.9 Å². The molecule has 0 fully saturated rings. The molecule has 0 aliphatic heterocycles. The van der Waals surface area contributed by atoms with Crippen molar-refractivity contribution in [1.82, 2.24) is 10.3 Å². The number of nitrogens with two attached hydrogens (primary N) is 1. The second-order valence-electron chi connectivity index (χ2n) is 5.45. The number of hydrogen-bond acceptors (Lipinski definition) is 3. The summed E-state index contributed by atoms with van der Waals surface area (Å²) >= 11 is 0. The van der Waals surface area contributed by atoms with E-state index in [1.54, 1.807) is 12.4 Å². The fourth-order valence-electron chi connectivity index (χ4n) is 1.92. The number of rotatable bonds is 7. The van der Waals surface area contributed by atoms with Crippen molar-refractivity contribution in [3.63, 3.8) is 0 Å². The Morgan fingerprint density at radius 1 is 1.25 bits per heavy atom. The van der Waals surface area contributed by atoms with E-state index in [1.807, 2.05) is 36.4 Å². The first kappa shape index (κ1) is 20.2. The van der Waals surface area contributed by atoms with E-state index >= 15 is 0 Å². The first-order chi connectivity index (χ1) is 11.2. The van der Waals surface area contributed by atoms with Gasteiger partial charge < -0.3 is 15.8 Å². The van der Waals surface area contributed by atoms with E-state index in [2.05, 4.69) is 29.1 Å². The van der Waals surface area contributed by atoms with Crippen molar-refractivity contribution in [1.29, 1.82) is 0 Å². The van der Waals surface area contributed by atoms with E-state index in [-0.39, 0.29) is 24.0 Å². The molecule has 0 aliphatic rings. The lowest BCUT2D eigenvalue weighted by molar-refractivity contribution is 0.305. The van der Waals surface area contributed by atoms with Gasteiger partial charge in [-0.05, 0) is 37.1 Å². The van der Waals surface area contributed by atoms with Gasteiger partial charge in [-0.3, -0.25) is 4.98 Å². The smallest absolute Gasteiger partial charge is 0.189 e. The van der Waals surface area contributed by atoms with Crippen molar-refractivity contribution in [2.75, 3.05) is 0 Å². The first-order valence-corrected chi connectivity index (χ1v) is 7.84. The summed E-state index contributed by atoms with van der Waals surface area (Å²) in [6, 6.07) is 12.1. The maximum absolute atomic E-state index is 5.85. The fraction of sp³-hybridized carbons (Fsp3) is 0.333. The van der Waals surface area contributed by atoms with E-state index in [0.717, 1.165) is 23.3 Å². The van der Waals surface area contributed by atoms with Crippen molar-refractivity contribution in [2.45, 2.75) is 39.5 Å². The topological polar surface area (TPSA) is 72.5 Å². The SMILES string of the molecule is CCC(C)NC(N)=NCc1ccc(OCc2cccnc2)cc1.I. The van der Waals surface area contributed by atoms with Gasteiger partial charge in [0.15, 0.2) is 5.96 Å². The average Bonchev–Trinajstić information content (AvgIpc) is 2.60. The predicted molar refractivity (Wildman–Crippen MR) is 109 cm³/mol.